The normalized spacial score (nSPS) is 26.3. The summed E-state index contributed by atoms with van der Waals surface area (Å²) in [5, 5.41) is 3.64. The number of ether oxygens (including phenoxy) is 2. The molecule has 0 radical (unpaired) electrons. The van der Waals surface area contributed by atoms with Crippen LogP contribution in [0, 0.1) is 5.92 Å². The highest BCUT2D eigenvalue weighted by Gasteiger charge is 2.22. The van der Waals surface area contributed by atoms with Crippen LogP contribution in [0.4, 0.5) is 0 Å². The van der Waals surface area contributed by atoms with Crippen molar-refractivity contribution in [2.75, 3.05) is 53.6 Å². The number of nitrogens with one attached hydrogen (secondary N) is 1. The predicted molar refractivity (Wildman–Crippen MR) is 70.4 cm³/mol. The first-order valence-corrected chi connectivity index (χ1v) is 6.72. The number of nitrogens with zero attached hydrogens (tertiary/aromatic N) is 1. The van der Waals surface area contributed by atoms with E-state index in [9.17, 15) is 0 Å². The van der Waals surface area contributed by atoms with Gasteiger partial charge in [-0.2, -0.15) is 0 Å². The molecule has 4 heteroatoms. The largest absolute Gasteiger partial charge is 0.382 e. The van der Waals surface area contributed by atoms with Crippen molar-refractivity contribution < 1.29 is 9.47 Å². The molecule has 1 aliphatic rings. The van der Waals surface area contributed by atoms with Gasteiger partial charge in [0.05, 0.1) is 13.2 Å². The summed E-state index contributed by atoms with van der Waals surface area (Å²) < 4.78 is 10.4. The molecule has 0 aromatic carbocycles. The van der Waals surface area contributed by atoms with E-state index in [1.165, 1.54) is 19.5 Å². The fourth-order valence-corrected chi connectivity index (χ4v) is 2.36. The highest BCUT2D eigenvalue weighted by Crippen LogP contribution is 2.14. The molecule has 1 saturated heterocycles. The maximum atomic E-state index is 5.43. The zero-order valence-corrected chi connectivity index (χ0v) is 11.6. The SMILES string of the molecule is COCCOCCCNC1CCN(C)CC1C. The first-order valence-electron chi connectivity index (χ1n) is 6.72. The molecular weight excluding hydrogens is 216 g/mol. The van der Waals surface area contributed by atoms with E-state index in [-0.39, 0.29) is 0 Å². The molecule has 1 fully saturated rings. The van der Waals surface area contributed by atoms with E-state index in [1.807, 2.05) is 0 Å². The number of hydrogen-bond donors (Lipinski definition) is 1. The molecule has 2 atom stereocenters. The lowest BCUT2D eigenvalue weighted by molar-refractivity contribution is 0.0685. The van der Waals surface area contributed by atoms with Gasteiger partial charge in [-0.3, -0.25) is 0 Å². The third kappa shape index (κ3) is 6.36. The molecule has 102 valence electrons. The van der Waals surface area contributed by atoms with E-state index < -0.39 is 0 Å². The van der Waals surface area contributed by atoms with Crippen molar-refractivity contribution in [3.63, 3.8) is 0 Å². The molecule has 0 amide bonds. The van der Waals surface area contributed by atoms with Crippen molar-refractivity contribution >= 4 is 0 Å². The predicted octanol–water partition coefficient (Wildman–Crippen LogP) is 0.969. The summed E-state index contributed by atoms with van der Waals surface area (Å²) in [6.45, 7) is 8.06. The highest BCUT2D eigenvalue weighted by molar-refractivity contribution is 4.81. The molecule has 0 spiro atoms. The van der Waals surface area contributed by atoms with Crippen molar-refractivity contribution in [2.45, 2.75) is 25.8 Å². The molecule has 0 aliphatic carbocycles. The van der Waals surface area contributed by atoms with Crippen molar-refractivity contribution in [3.8, 4) is 0 Å². The van der Waals surface area contributed by atoms with Gasteiger partial charge in [0, 0.05) is 26.3 Å². The Kier molecular flexibility index (Phi) is 7.77. The molecule has 1 heterocycles. The van der Waals surface area contributed by atoms with Gasteiger partial charge < -0.3 is 19.7 Å². The van der Waals surface area contributed by atoms with Crippen LogP contribution in [0.15, 0.2) is 0 Å². The molecule has 1 N–H and O–H groups in total. The minimum Gasteiger partial charge on any atom is -0.382 e. The third-order valence-electron chi connectivity index (χ3n) is 3.41. The van der Waals surface area contributed by atoms with Crippen molar-refractivity contribution in [1.82, 2.24) is 10.2 Å². The summed E-state index contributed by atoms with van der Waals surface area (Å²) in [5.74, 6) is 0.753. The molecule has 2 unspecified atom stereocenters. The molecular formula is C13H28N2O2. The number of methoxy groups -OCH3 is 1. The summed E-state index contributed by atoms with van der Waals surface area (Å²) >= 11 is 0. The standard InChI is InChI=1S/C13H28N2O2/c1-12-11-15(2)7-5-13(12)14-6-4-8-17-10-9-16-3/h12-14H,4-11H2,1-3H3. The second-order valence-corrected chi connectivity index (χ2v) is 5.05. The first kappa shape index (κ1) is 14.9. The molecule has 0 saturated carbocycles. The van der Waals surface area contributed by atoms with Gasteiger partial charge >= 0.3 is 0 Å². The molecule has 1 rings (SSSR count). The van der Waals surface area contributed by atoms with Gasteiger partial charge in [0.2, 0.25) is 0 Å². The summed E-state index contributed by atoms with van der Waals surface area (Å²) in [6.07, 6.45) is 2.35. The Labute approximate surface area is 106 Å². The maximum Gasteiger partial charge on any atom is 0.0700 e. The van der Waals surface area contributed by atoms with E-state index in [0.29, 0.717) is 19.3 Å². The van der Waals surface area contributed by atoms with Crippen LogP contribution in [-0.2, 0) is 9.47 Å². The summed E-state index contributed by atoms with van der Waals surface area (Å²) in [4.78, 5) is 2.41. The zero-order chi connectivity index (χ0) is 12.5. The van der Waals surface area contributed by atoms with Crippen LogP contribution >= 0.6 is 0 Å². The van der Waals surface area contributed by atoms with Crippen molar-refractivity contribution in [2.24, 2.45) is 5.92 Å². The Balaban J connectivity index is 1.95. The van der Waals surface area contributed by atoms with Crippen LogP contribution in [-0.4, -0.2) is 64.6 Å². The monoisotopic (exact) mass is 244 g/mol. The summed E-state index contributed by atoms with van der Waals surface area (Å²) in [7, 11) is 3.91. The average Bonchev–Trinajstić information content (AvgIpc) is 2.30. The number of hydrogen-bond acceptors (Lipinski definition) is 4. The molecule has 0 bridgehead atoms. The van der Waals surface area contributed by atoms with Gasteiger partial charge in [0.25, 0.3) is 0 Å². The van der Waals surface area contributed by atoms with Crippen molar-refractivity contribution in [1.29, 1.82) is 0 Å². The van der Waals surface area contributed by atoms with Gasteiger partial charge in [-0.05, 0) is 38.9 Å². The minimum atomic E-state index is 0.685. The Morgan fingerprint density at radius 1 is 1.29 bits per heavy atom. The molecule has 1 aliphatic heterocycles. The lowest BCUT2D eigenvalue weighted by Gasteiger charge is -2.35. The van der Waals surface area contributed by atoms with E-state index in [1.54, 1.807) is 7.11 Å². The van der Waals surface area contributed by atoms with E-state index in [2.05, 4.69) is 24.2 Å². The Bertz CT molecular complexity index is 190. The Morgan fingerprint density at radius 2 is 2.12 bits per heavy atom. The van der Waals surface area contributed by atoms with Gasteiger partial charge in [-0.1, -0.05) is 6.92 Å². The van der Waals surface area contributed by atoms with Crippen LogP contribution in [0.3, 0.4) is 0 Å². The maximum absolute atomic E-state index is 5.43. The smallest absolute Gasteiger partial charge is 0.0700 e. The average molecular weight is 244 g/mol. The van der Waals surface area contributed by atoms with Crippen LogP contribution in [0.1, 0.15) is 19.8 Å². The number of likely N-dealkylation sites (tertiary alicyclic amines) is 1. The van der Waals surface area contributed by atoms with E-state index >= 15 is 0 Å². The van der Waals surface area contributed by atoms with Crippen LogP contribution in [0.25, 0.3) is 0 Å². The van der Waals surface area contributed by atoms with Crippen molar-refractivity contribution in [3.05, 3.63) is 0 Å². The third-order valence-corrected chi connectivity index (χ3v) is 3.41. The first-order chi connectivity index (χ1) is 8.24. The highest BCUT2D eigenvalue weighted by atomic mass is 16.5. The van der Waals surface area contributed by atoms with Gasteiger partial charge in [-0.15, -0.1) is 0 Å². The Hall–Kier alpha value is -0.160. The fourth-order valence-electron chi connectivity index (χ4n) is 2.36. The summed E-state index contributed by atoms with van der Waals surface area (Å²) in [5.41, 5.74) is 0. The molecule has 4 nitrogen and oxygen atoms in total. The van der Waals surface area contributed by atoms with Gasteiger partial charge in [0.15, 0.2) is 0 Å². The number of rotatable bonds is 8. The second kappa shape index (κ2) is 8.86. The summed E-state index contributed by atoms with van der Waals surface area (Å²) in [6, 6.07) is 0.685. The molecule has 0 aromatic heterocycles. The Morgan fingerprint density at radius 3 is 2.82 bits per heavy atom. The molecule has 0 aromatic rings. The minimum absolute atomic E-state index is 0.685. The van der Waals surface area contributed by atoms with E-state index in [4.69, 9.17) is 9.47 Å². The van der Waals surface area contributed by atoms with Gasteiger partial charge in [-0.25, -0.2) is 0 Å². The fraction of sp³-hybridized carbons (Fsp3) is 1.00. The lowest BCUT2D eigenvalue weighted by Crippen LogP contribution is -2.47. The number of piperidine rings is 1. The van der Waals surface area contributed by atoms with Crippen LogP contribution in [0.2, 0.25) is 0 Å². The lowest BCUT2D eigenvalue weighted by atomic mass is 9.94. The quantitative estimate of drug-likeness (QED) is 0.645. The van der Waals surface area contributed by atoms with Gasteiger partial charge in [0.1, 0.15) is 0 Å². The van der Waals surface area contributed by atoms with E-state index in [0.717, 1.165) is 25.5 Å². The van der Waals surface area contributed by atoms with Crippen LogP contribution < -0.4 is 5.32 Å². The zero-order valence-electron chi connectivity index (χ0n) is 11.6. The topological polar surface area (TPSA) is 33.7 Å². The molecule has 17 heavy (non-hydrogen) atoms. The van der Waals surface area contributed by atoms with Crippen LogP contribution in [0.5, 0.6) is 0 Å². The second-order valence-electron chi connectivity index (χ2n) is 5.05.